The number of hydrogen-bond donors (Lipinski definition) is 0. The largest absolute Gasteiger partial charge is 0.452 e. The van der Waals surface area contributed by atoms with E-state index in [1.54, 1.807) is 17.8 Å². The van der Waals surface area contributed by atoms with Crippen LogP contribution in [0.4, 0.5) is 0 Å². The number of rotatable bonds is 2. The lowest BCUT2D eigenvalue weighted by Gasteiger charge is -1.95. The van der Waals surface area contributed by atoms with Crippen molar-refractivity contribution >= 4 is 28.5 Å². The van der Waals surface area contributed by atoms with Crippen LogP contribution in [0.5, 0.6) is 0 Å². The third kappa shape index (κ3) is 1.44. The van der Waals surface area contributed by atoms with Gasteiger partial charge in [0.1, 0.15) is 5.58 Å². The summed E-state index contributed by atoms with van der Waals surface area (Å²) in [6.07, 6.45) is 1.99. The van der Waals surface area contributed by atoms with Gasteiger partial charge in [0.05, 0.1) is 4.90 Å². The van der Waals surface area contributed by atoms with Gasteiger partial charge in [-0.2, -0.15) is 0 Å². The molecule has 0 N–H and O–H groups in total. The summed E-state index contributed by atoms with van der Waals surface area (Å²) < 4.78 is 5.48. The third-order valence-corrected chi connectivity index (χ3v) is 2.84. The Morgan fingerprint density at radius 2 is 2.21 bits per heavy atom. The first-order chi connectivity index (χ1) is 6.72. The molecule has 0 aliphatic rings. The van der Waals surface area contributed by atoms with E-state index in [4.69, 9.17) is 4.42 Å². The number of hydrogen-bond acceptors (Lipinski definition) is 3. The van der Waals surface area contributed by atoms with Crippen LogP contribution in [0.3, 0.4) is 0 Å². The van der Waals surface area contributed by atoms with Crippen molar-refractivity contribution in [1.82, 2.24) is 0 Å². The van der Waals surface area contributed by atoms with Gasteiger partial charge in [-0.1, -0.05) is 12.1 Å². The number of carbonyl (C=O) groups is 1. The second kappa shape index (κ2) is 3.50. The standard InChI is InChI=1S/C11H10O2S/c1-7(12)9-6-8-4-3-5-10(14-2)11(8)13-9/h3-6H,1-2H3. The van der Waals surface area contributed by atoms with Crippen molar-refractivity contribution in [3.63, 3.8) is 0 Å². The van der Waals surface area contributed by atoms with Crippen molar-refractivity contribution in [2.45, 2.75) is 11.8 Å². The van der Waals surface area contributed by atoms with Crippen LogP contribution in [0.1, 0.15) is 17.5 Å². The van der Waals surface area contributed by atoms with E-state index >= 15 is 0 Å². The SMILES string of the molecule is CSc1cccc2cc(C(C)=O)oc12. The summed E-state index contributed by atoms with van der Waals surface area (Å²) in [4.78, 5) is 12.2. The van der Waals surface area contributed by atoms with Gasteiger partial charge >= 0.3 is 0 Å². The first-order valence-electron chi connectivity index (χ1n) is 4.30. The molecule has 2 rings (SSSR count). The van der Waals surface area contributed by atoms with Crippen LogP contribution < -0.4 is 0 Å². The Kier molecular flexibility index (Phi) is 2.33. The fraction of sp³-hybridized carbons (Fsp3) is 0.182. The van der Waals surface area contributed by atoms with Crippen molar-refractivity contribution in [1.29, 1.82) is 0 Å². The molecule has 14 heavy (non-hydrogen) atoms. The van der Waals surface area contributed by atoms with E-state index in [1.807, 2.05) is 24.5 Å². The van der Waals surface area contributed by atoms with E-state index in [0.29, 0.717) is 5.76 Å². The maximum atomic E-state index is 11.1. The van der Waals surface area contributed by atoms with Crippen LogP contribution in [0.25, 0.3) is 11.0 Å². The number of carbonyl (C=O) groups excluding carboxylic acids is 1. The zero-order valence-corrected chi connectivity index (χ0v) is 8.85. The quantitative estimate of drug-likeness (QED) is 0.557. The van der Waals surface area contributed by atoms with E-state index in [-0.39, 0.29) is 5.78 Å². The number of ketones is 1. The molecule has 0 radical (unpaired) electrons. The summed E-state index contributed by atoms with van der Waals surface area (Å²) >= 11 is 1.62. The highest BCUT2D eigenvalue weighted by molar-refractivity contribution is 7.98. The summed E-state index contributed by atoms with van der Waals surface area (Å²) in [5.41, 5.74) is 0.810. The lowest BCUT2D eigenvalue weighted by Crippen LogP contribution is -1.85. The Hall–Kier alpha value is -1.22. The molecule has 1 aromatic carbocycles. The van der Waals surface area contributed by atoms with Crippen molar-refractivity contribution in [3.8, 4) is 0 Å². The molecule has 0 bridgehead atoms. The molecular formula is C11H10O2S. The smallest absolute Gasteiger partial charge is 0.194 e. The molecule has 0 unspecified atom stereocenters. The minimum Gasteiger partial charge on any atom is -0.452 e. The molecule has 0 atom stereocenters. The highest BCUT2D eigenvalue weighted by Gasteiger charge is 2.09. The summed E-state index contributed by atoms with van der Waals surface area (Å²) in [6, 6.07) is 7.69. The van der Waals surface area contributed by atoms with Gasteiger partial charge in [0.2, 0.25) is 0 Å². The number of para-hydroxylation sites is 1. The number of furan rings is 1. The number of benzene rings is 1. The van der Waals surface area contributed by atoms with Crippen molar-refractivity contribution in [3.05, 3.63) is 30.0 Å². The second-order valence-electron chi connectivity index (χ2n) is 3.05. The van der Waals surface area contributed by atoms with E-state index in [9.17, 15) is 4.79 Å². The van der Waals surface area contributed by atoms with Gasteiger partial charge in [0.15, 0.2) is 11.5 Å². The molecule has 2 aromatic rings. The van der Waals surface area contributed by atoms with Crippen LogP contribution >= 0.6 is 11.8 Å². The van der Waals surface area contributed by atoms with Crippen LogP contribution in [-0.4, -0.2) is 12.0 Å². The van der Waals surface area contributed by atoms with Gasteiger partial charge in [0, 0.05) is 12.3 Å². The summed E-state index contributed by atoms with van der Waals surface area (Å²) in [6.45, 7) is 1.51. The molecule has 0 aliphatic carbocycles. The van der Waals surface area contributed by atoms with Crippen LogP contribution in [0, 0.1) is 0 Å². The second-order valence-corrected chi connectivity index (χ2v) is 3.89. The van der Waals surface area contributed by atoms with Crippen LogP contribution in [-0.2, 0) is 0 Å². The lowest BCUT2D eigenvalue weighted by molar-refractivity contribution is 0.0989. The summed E-state index contributed by atoms with van der Waals surface area (Å²) in [5, 5.41) is 0.988. The molecule has 1 aromatic heterocycles. The van der Waals surface area contributed by atoms with Crippen molar-refractivity contribution in [2.24, 2.45) is 0 Å². The first kappa shape index (κ1) is 9.34. The van der Waals surface area contributed by atoms with Gasteiger partial charge in [-0.25, -0.2) is 0 Å². The Morgan fingerprint density at radius 3 is 2.86 bits per heavy atom. The average Bonchev–Trinajstić information content (AvgIpc) is 2.60. The predicted octanol–water partition coefficient (Wildman–Crippen LogP) is 3.36. The number of fused-ring (bicyclic) bond motifs is 1. The number of Topliss-reactive ketones (excluding diaryl/α,β-unsaturated/α-hetero) is 1. The maximum Gasteiger partial charge on any atom is 0.194 e. The summed E-state index contributed by atoms with van der Waals surface area (Å²) in [5.74, 6) is 0.398. The molecular weight excluding hydrogens is 196 g/mol. The van der Waals surface area contributed by atoms with Crippen molar-refractivity contribution in [2.75, 3.05) is 6.26 Å². The Morgan fingerprint density at radius 1 is 1.43 bits per heavy atom. The topological polar surface area (TPSA) is 30.2 Å². The highest BCUT2D eigenvalue weighted by Crippen LogP contribution is 2.28. The molecule has 0 aliphatic heterocycles. The van der Waals surface area contributed by atoms with Crippen LogP contribution in [0.2, 0.25) is 0 Å². The fourth-order valence-corrected chi connectivity index (χ4v) is 1.93. The monoisotopic (exact) mass is 206 g/mol. The molecule has 0 saturated heterocycles. The van der Waals surface area contributed by atoms with Gasteiger partial charge in [-0.15, -0.1) is 11.8 Å². The highest BCUT2D eigenvalue weighted by atomic mass is 32.2. The Balaban J connectivity index is 2.70. The fourth-order valence-electron chi connectivity index (χ4n) is 1.37. The van der Waals surface area contributed by atoms with Gasteiger partial charge in [0.25, 0.3) is 0 Å². The van der Waals surface area contributed by atoms with E-state index in [0.717, 1.165) is 15.9 Å². The first-order valence-corrected chi connectivity index (χ1v) is 5.52. The Bertz CT molecular complexity index is 485. The van der Waals surface area contributed by atoms with Gasteiger partial charge < -0.3 is 4.42 Å². The molecule has 72 valence electrons. The molecule has 2 nitrogen and oxygen atoms in total. The van der Waals surface area contributed by atoms with E-state index in [1.165, 1.54) is 6.92 Å². The minimum atomic E-state index is -0.0340. The molecule has 0 fully saturated rings. The minimum absolute atomic E-state index is 0.0340. The molecule has 3 heteroatoms. The summed E-state index contributed by atoms with van der Waals surface area (Å²) in [7, 11) is 0. The zero-order chi connectivity index (χ0) is 10.1. The normalized spacial score (nSPS) is 10.7. The number of thioether (sulfide) groups is 1. The van der Waals surface area contributed by atoms with E-state index in [2.05, 4.69) is 0 Å². The zero-order valence-electron chi connectivity index (χ0n) is 8.03. The molecule has 1 heterocycles. The maximum absolute atomic E-state index is 11.1. The molecule has 0 amide bonds. The lowest BCUT2D eigenvalue weighted by atomic mass is 10.2. The van der Waals surface area contributed by atoms with E-state index < -0.39 is 0 Å². The third-order valence-electron chi connectivity index (χ3n) is 2.07. The molecule has 0 spiro atoms. The predicted molar refractivity (Wildman–Crippen MR) is 58.0 cm³/mol. The molecule has 0 saturated carbocycles. The van der Waals surface area contributed by atoms with Crippen molar-refractivity contribution < 1.29 is 9.21 Å². The van der Waals surface area contributed by atoms with Gasteiger partial charge in [-0.3, -0.25) is 4.79 Å². The average molecular weight is 206 g/mol. The van der Waals surface area contributed by atoms with Gasteiger partial charge in [-0.05, 0) is 18.4 Å². The Labute approximate surface area is 86.3 Å². The van der Waals surface area contributed by atoms with Crippen LogP contribution in [0.15, 0.2) is 33.6 Å².